The summed E-state index contributed by atoms with van der Waals surface area (Å²) in [6.45, 7) is 1.28. The van der Waals surface area contributed by atoms with Crippen LogP contribution in [0.25, 0.3) is 0 Å². The topological polar surface area (TPSA) is 354 Å². The van der Waals surface area contributed by atoms with E-state index in [0.717, 1.165) is 20.8 Å². The quantitative estimate of drug-likeness (QED) is 0.0651. The molecule has 314 valence electrons. The molecule has 0 spiro atoms. The fourth-order valence-electron chi connectivity index (χ4n) is 6.54. The zero-order valence-corrected chi connectivity index (χ0v) is 30.4. The summed E-state index contributed by atoms with van der Waals surface area (Å²) in [4.78, 5) is 36.4. The number of methoxy groups -OCH3 is 1. The minimum Gasteiger partial charge on any atom is -0.394 e. The Labute approximate surface area is 310 Å². The van der Waals surface area contributed by atoms with Crippen molar-refractivity contribution in [3.05, 3.63) is 0 Å². The van der Waals surface area contributed by atoms with Crippen LogP contribution in [0.2, 0.25) is 0 Å². The van der Waals surface area contributed by atoms with Crippen molar-refractivity contribution in [2.45, 2.75) is 144 Å². The zero-order valence-electron chi connectivity index (χ0n) is 30.4. The fraction of sp³-hybridized carbons (Fsp3) is 0.903. The number of aliphatic hydroxyl groups excluding tert-OH is 10. The molecule has 3 unspecified atom stereocenters. The van der Waals surface area contributed by atoms with Crippen LogP contribution in [0, 0.1) is 0 Å². The SMILES string of the molecule is CO[C@H]1[C@H](OC2O[C@@H](C)[C@@H](O)[C@@H](O)[C@@H]2OC2O[C@H](CO)[C@H](O)[C@H](O)[C@H]2NC(C)=O)[C@@H](CO)OC(O[C@@H]([C@@H](O)[C@H](O)CO)[C@H](CO)NC(C)=O)[C@@H]1NC(C)=O. The largest absolute Gasteiger partial charge is 0.394 e. The van der Waals surface area contributed by atoms with Gasteiger partial charge in [-0.25, -0.2) is 0 Å². The molecule has 3 saturated heterocycles. The molecule has 13 N–H and O–H groups in total. The maximum absolute atomic E-state index is 12.5. The maximum atomic E-state index is 12.5. The van der Waals surface area contributed by atoms with Gasteiger partial charge in [0.05, 0.1) is 38.6 Å². The van der Waals surface area contributed by atoms with Gasteiger partial charge >= 0.3 is 0 Å². The summed E-state index contributed by atoms with van der Waals surface area (Å²) in [5, 5.41) is 111. The van der Waals surface area contributed by atoms with Crippen LogP contribution in [0.5, 0.6) is 0 Å². The van der Waals surface area contributed by atoms with E-state index in [1.165, 1.54) is 14.0 Å². The molecule has 3 aliphatic heterocycles. The highest BCUT2D eigenvalue weighted by Gasteiger charge is 2.55. The predicted molar refractivity (Wildman–Crippen MR) is 174 cm³/mol. The van der Waals surface area contributed by atoms with Crippen LogP contribution in [0.1, 0.15) is 27.7 Å². The number of hydrogen-bond donors (Lipinski definition) is 13. The molecule has 0 radical (unpaired) electrons. The van der Waals surface area contributed by atoms with E-state index in [4.69, 9.17) is 33.2 Å². The highest BCUT2D eigenvalue weighted by Crippen LogP contribution is 2.34. The Kier molecular flexibility index (Phi) is 17.7. The van der Waals surface area contributed by atoms with Crippen molar-refractivity contribution in [3.63, 3.8) is 0 Å². The van der Waals surface area contributed by atoms with Gasteiger partial charge in [-0.1, -0.05) is 0 Å². The van der Waals surface area contributed by atoms with E-state index in [2.05, 4.69) is 16.0 Å². The lowest BCUT2D eigenvalue weighted by molar-refractivity contribution is -0.377. The van der Waals surface area contributed by atoms with E-state index >= 15 is 0 Å². The summed E-state index contributed by atoms with van der Waals surface area (Å²) >= 11 is 0. The molecular weight excluding hydrogens is 734 g/mol. The second-order valence-electron chi connectivity index (χ2n) is 13.3. The van der Waals surface area contributed by atoms with Crippen LogP contribution >= 0.6 is 0 Å². The minimum absolute atomic E-state index is 0.668. The summed E-state index contributed by atoms with van der Waals surface area (Å²) in [5.41, 5.74) is 0. The van der Waals surface area contributed by atoms with Crippen LogP contribution in [-0.2, 0) is 47.5 Å². The van der Waals surface area contributed by atoms with Crippen molar-refractivity contribution in [3.8, 4) is 0 Å². The number of amides is 3. The number of nitrogens with one attached hydrogen (secondary N) is 3. The second kappa shape index (κ2) is 20.8. The number of carbonyl (C=O) groups is 3. The normalized spacial score (nSPS) is 39.5. The van der Waals surface area contributed by atoms with Crippen molar-refractivity contribution in [1.82, 2.24) is 16.0 Å². The molecular formula is C31H55N3O20. The Balaban J connectivity index is 2.01. The standard InChI is InChI=1S/C31H55N3O20/c1-10-20(43)24(47)28(54-29-18(33-12(3)40)23(46)22(45)16(8-37)50-29)31(49-10)53-26-17(9-38)51-30(19(27(26)48-5)34-13(4)41)52-25(21(44)15(42)7-36)14(6-35)32-11(2)39/h10,14-31,35-38,42-47H,6-9H2,1-5H3,(H,32,39)(H,33,40)(H,34,41)/t10-,14-,15+,16+,17+,18+,19+,20+,21-,22-,23+,24+,25+,26+,27+,28-,29?,30?,31?/m0/s1. The van der Waals surface area contributed by atoms with Crippen molar-refractivity contribution in [2.24, 2.45) is 0 Å². The molecule has 0 aromatic heterocycles. The molecule has 54 heavy (non-hydrogen) atoms. The molecule has 0 bridgehead atoms. The summed E-state index contributed by atoms with van der Waals surface area (Å²) < 4.78 is 41.4. The van der Waals surface area contributed by atoms with Crippen molar-refractivity contribution < 1.29 is 98.6 Å². The molecule has 23 nitrogen and oxygen atoms in total. The smallest absolute Gasteiger partial charge is 0.217 e. The summed E-state index contributed by atoms with van der Waals surface area (Å²) in [5.74, 6) is -2.02. The van der Waals surface area contributed by atoms with E-state index in [1.807, 2.05) is 0 Å². The maximum Gasteiger partial charge on any atom is 0.217 e. The summed E-state index contributed by atoms with van der Waals surface area (Å²) in [6, 6.07) is -4.28. The van der Waals surface area contributed by atoms with E-state index < -0.39 is 160 Å². The second-order valence-corrected chi connectivity index (χ2v) is 13.3. The first-order chi connectivity index (χ1) is 25.4. The molecule has 0 aliphatic carbocycles. The van der Waals surface area contributed by atoms with E-state index in [0.29, 0.717) is 0 Å². The third kappa shape index (κ3) is 11.0. The number of hydrogen-bond acceptors (Lipinski definition) is 20. The molecule has 0 aromatic carbocycles. The zero-order chi connectivity index (χ0) is 40.6. The lowest BCUT2D eigenvalue weighted by Gasteiger charge is -2.50. The highest BCUT2D eigenvalue weighted by molar-refractivity contribution is 5.74. The van der Waals surface area contributed by atoms with Crippen LogP contribution in [0.4, 0.5) is 0 Å². The van der Waals surface area contributed by atoms with Gasteiger partial charge in [-0.2, -0.15) is 0 Å². The molecule has 23 heteroatoms. The minimum atomic E-state index is -1.96. The first-order valence-corrected chi connectivity index (χ1v) is 17.2. The molecule has 3 heterocycles. The molecule has 0 saturated carbocycles. The van der Waals surface area contributed by atoms with Gasteiger partial charge in [0, 0.05) is 27.9 Å². The first kappa shape index (κ1) is 46.1. The lowest BCUT2D eigenvalue weighted by Crippen LogP contribution is -2.70. The Hall–Kier alpha value is -2.27. The Morgan fingerprint density at radius 1 is 0.667 bits per heavy atom. The van der Waals surface area contributed by atoms with Gasteiger partial charge in [0.15, 0.2) is 18.9 Å². The lowest BCUT2D eigenvalue weighted by atomic mass is 9.94. The van der Waals surface area contributed by atoms with Crippen molar-refractivity contribution in [1.29, 1.82) is 0 Å². The van der Waals surface area contributed by atoms with Gasteiger partial charge in [0.25, 0.3) is 0 Å². The third-order valence-electron chi connectivity index (χ3n) is 9.28. The van der Waals surface area contributed by atoms with E-state index in [-0.39, 0.29) is 0 Å². The van der Waals surface area contributed by atoms with Gasteiger partial charge in [-0.15, -0.1) is 0 Å². The molecule has 0 aromatic rings. The Morgan fingerprint density at radius 3 is 1.76 bits per heavy atom. The number of ether oxygens (including phenoxy) is 7. The average molecular weight is 790 g/mol. The van der Waals surface area contributed by atoms with Gasteiger partial charge in [-0.3, -0.25) is 14.4 Å². The third-order valence-corrected chi connectivity index (χ3v) is 9.28. The van der Waals surface area contributed by atoms with Gasteiger partial charge in [0.2, 0.25) is 17.7 Å². The van der Waals surface area contributed by atoms with Crippen molar-refractivity contribution >= 4 is 17.7 Å². The molecule has 3 aliphatic rings. The number of rotatable bonds is 17. The molecule has 3 fully saturated rings. The molecule has 3 amide bonds. The van der Waals surface area contributed by atoms with Crippen LogP contribution in [0.3, 0.4) is 0 Å². The predicted octanol–water partition coefficient (Wildman–Crippen LogP) is -8.00. The van der Waals surface area contributed by atoms with Crippen LogP contribution < -0.4 is 16.0 Å². The molecule has 3 rings (SSSR count). The number of aliphatic hydroxyl groups is 10. The average Bonchev–Trinajstić information content (AvgIpc) is 3.12. The van der Waals surface area contributed by atoms with Gasteiger partial charge in [-0.05, 0) is 6.92 Å². The molecule has 19 atom stereocenters. The van der Waals surface area contributed by atoms with Crippen LogP contribution in [-0.4, -0.2) is 219 Å². The van der Waals surface area contributed by atoms with E-state index in [9.17, 15) is 65.4 Å². The van der Waals surface area contributed by atoms with Gasteiger partial charge < -0.3 is 100 Å². The fourth-order valence-corrected chi connectivity index (χ4v) is 6.54. The highest BCUT2D eigenvalue weighted by atomic mass is 16.8. The Morgan fingerprint density at radius 2 is 1.24 bits per heavy atom. The van der Waals surface area contributed by atoms with Gasteiger partial charge in [0.1, 0.15) is 85.3 Å². The first-order valence-electron chi connectivity index (χ1n) is 17.2. The van der Waals surface area contributed by atoms with E-state index in [1.54, 1.807) is 0 Å². The summed E-state index contributed by atoms with van der Waals surface area (Å²) in [6.07, 6.45) is -26.0. The monoisotopic (exact) mass is 789 g/mol. The van der Waals surface area contributed by atoms with Crippen molar-refractivity contribution in [2.75, 3.05) is 33.5 Å². The summed E-state index contributed by atoms with van der Waals surface area (Å²) in [7, 11) is 1.19. The number of carbonyl (C=O) groups excluding carboxylic acids is 3. The Bertz CT molecular complexity index is 1210. The van der Waals surface area contributed by atoms with Crippen LogP contribution in [0.15, 0.2) is 0 Å².